The summed E-state index contributed by atoms with van der Waals surface area (Å²) in [5, 5.41) is 6.80. The van der Waals surface area contributed by atoms with Gasteiger partial charge >= 0.3 is 5.22 Å². The number of rotatable bonds is 6. The Kier molecular flexibility index (Phi) is 5.12. The van der Waals surface area contributed by atoms with Crippen LogP contribution in [0.3, 0.4) is 0 Å². The molecule has 1 fully saturated rings. The fourth-order valence-electron chi connectivity index (χ4n) is 2.71. The summed E-state index contributed by atoms with van der Waals surface area (Å²) >= 11 is 0. The highest BCUT2D eigenvalue weighted by atomic mass is 32.2. The lowest BCUT2D eigenvalue weighted by Crippen LogP contribution is -2.33. The number of ether oxygens (including phenoxy) is 2. The van der Waals surface area contributed by atoms with Gasteiger partial charge in [-0.2, -0.15) is 0 Å². The summed E-state index contributed by atoms with van der Waals surface area (Å²) in [5.74, 6) is -0.238. The van der Waals surface area contributed by atoms with E-state index in [0.29, 0.717) is 30.2 Å². The summed E-state index contributed by atoms with van der Waals surface area (Å²) < 4.78 is 40.5. The van der Waals surface area contributed by atoms with E-state index in [1.165, 1.54) is 19.1 Å². The Morgan fingerprint density at radius 1 is 1.19 bits per heavy atom. The van der Waals surface area contributed by atoms with Crippen LogP contribution >= 0.6 is 0 Å². The number of benzene rings is 1. The average molecular weight is 381 g/mol. The third-order valence-electron chi connectivity index (χ3n) is 4.08. The summed E-state index contributed by atoms with van der Waals surface area (Å²) in [6.45, 7) is 1.15. The van der Waals surface area contributed by atoms with Crippen molar-refractivity contribution in [3.05, 3.63) is 18.2 Å². The van der Waals surface area contributed by atoms with Crippen LogP contribution in [0.1, 0.15) is 12.8 Å². The molecule has 1 aromatic carbocycles. The lowest BCUT2D eigenvalue weighted by Gasteiger charge is -2.13. The van der Waals surface area contributed by atoms with Gasteiger partial charge < -0.3 is 18.8 Å². The van der Waals surface area contributed by atoms with Crippen molar-refractivity contribution in [3.63, 3.8) is 0 Å². The van der Waals surface area contributed by atoms with Crippen molar-refractivity contribution >= 4 is 15.7 Å². The van der Waals surface area contributed by atoms with E-state index in [4.69, 9.17) is 13.9 Å². The second-order valence-corrected chi connectivity index (χ2v) is 7.65. The first-order valence-corrected chi connectivity index (χ1v) is 9.66. The number of hydrogen-bond acceptors (Lipinski definition) is 8. The molecule has 0 bridgehead atoms. The van der Waals surface area contributed by atoms with Gasteiger partial charge in [-0.25, -0.2) is 8.42 Å². The number of carbonyl (C=O) groups excluding carboxylic acids is 1. The zero-order valence-electron chi connectivity index (χ0n) is 14.5. The van der Waals surface area contributed by atoms with Crippen LogP contribution < -0.4 is 9.47 Å². The van der Waals surface area contributed by atoms with Gasteiger partial charge in [0, 0.05) is 13.1 Å². The molecule has 3 rings (SSSR count). The van der Waals surface area contributed by atoms with Crippen LogP contribution in [0.25, 0.3) is 11.5 Å². The second kappa shape index (κ2) is 7.32. The van der Waals surface area contributed by atoms with E-state index in [9.17, 15) is 13.2 Å². The van der Waals surface area contributed by atoms with Gasteiger partial charge in [0.2, 0.25) is 15.7 Å². The summed E-state index contributed by atoms with van der Waals surface area (Å²) in [5.41, 5.74) is 0.395. The highest BCUT2D eigenvalue weighted by Gasteiger charge is 2.30. The Morgan fingerprint density at radius 3 is 2.58 bits per heavy atom. The molecule has 0 N–H and O–H groups in total. The third kappa shape index (κ3) is 3.64. The van der Waals surface area contributed by atoms with Crippen LogP contribution in [0.15, 0.2) is 27.8 Å². The molecular formula is C16H19N3O6S. The molecule has 0 spiro atoms. The highest BCUT2D eigenvalue weighted by Crippen LogP contribution is 2.33. The zero-order chi connectivity index (χ0) is 18.7. The molecule has 0 saturated carbocycles. The Balaban J connectivity index is 1.86. The topological polar surface area (TPSA) is 112 Å². The van der Waals surface area contributed by atoms with Gasteiger partial charge in [-0.05, 0) is 31.0 Å². The smallest absolute Gasteiger partial charge is 0.336 e. The van der Waals surface area contributed by atoms with Crippen LogP contribution in [0, 0.1) is 0 Å². The number of hydrogen-bond donors (Lipinski definition) is 0. The molecule has 26 heavy (non-hydrogen) atoms. The fraction of sp³-hybridized carbons (Fsp3) is 0.438. The van der Waals surface area contributed by atoms with Gasteiger partial charge in [-0.15, -0.1) is 5.10 Å². The maximum Gasteiger partial charge on any atom is 0.336 e. The van der Waals surface area contributed by atoms with E-state index in [1.54, 1.807) is 18.2 Å². The summed E-state index contributed by atoms with van der Waals surface area (Å²) in [6, 6.07) is 4.92. The van der Waals surface area contributed by atoms with Crippen LogP contribution in [0.5, 0.6) is 11.5 Å². The zero-order valence-corrected chi connectivity index (χ0v) is 15.3. The molecule has 2 aromatic rings. The minimum absolute atomic E-state index is 0.0343. The van der Waals surface area contributed by atoms with E-state index in [1.807, 2.05) is 0 Å². The standard InChI is InChI=1S/C16H19N3O6S/c1-23-11-5-6-13(24-2)12(9-11)15-17-18-16(25-15)26(21,22)10-14(20)19-7-3-4-8-19/h5-6,9H,3-4,7-8,10H2,1-2H3. The molecule has 1 aromatic heterocycles. The van der Waals surface area contributed by atoms with Crippen molar-refractivity contribution in [2.45, 2.75) is 18.1 Å². The summed E-state index contributed by atoms with van der Waals surface area (Å²) in [6.07, 6.45) is 1.76. The molecule has 1 saturated heterocycles. The highest BCUT2D eigenvalue weighted by molar-refractivity contribution is 7.91. The van der Waals surface area contributed by atoms with Gasteiger partial charge in [-0.1, -0.05) is 5.10 Å². The van der Waals surface area contributed by atoms with Crippen molar-refractivity contribution in [2.75, 3.05) is 33.1 Å². The van der Waals surface area contributed by atoms with E-state index < -0.39 is 26.7 Å². The van der Waals surface area contributed by atoms with E-state index in [-0.39, 0.29) is 5.89 Å². The Labute approximate surface area is 150 Å². The number of likely N-dealkylation sites (tertiary alicyclic amines) is 1. The molecule has 1 aliphatic heterocycles. The first-order chi connectivity index (χ1) is 12.4. The quantitative estimate of drug-likeness (QED) is 0.732. The predicted molar refractivity (Wildman–Crippen MR) is 90.7 cm³/mol. The minimum atomic E-state index is -4.02. The molecule has 10 heteroatoms. The molecule has 0 aliphatic carbocycles. The normalized spacial score (nSPS) is 14.5. The van der Waals surface area contributed by atoms with Gasteiger partial charge in [0.05, 0.1) is 19.8 Å². The fourth-order valence-corrected chi connectivity index (χ4v) is 3.71. The minimum Gasteiger partial charge on any atom is -0.497 e. The van der Waals surface area contributed by atoms with Crippen LogP contribution in [0.4, 0.5) is 0 Å². The first-order valence-electron chi connectivity index (χ1n) is 8.01. The van der Waals surface area contributed by atoms with Crippen LogP contribution in [-0.2, 0) is 14.6 Å². The monoisotopic (exact) mass is 381 g/mol. The predicted octanol–water partition coefficient (Wildman–Crippen LogP) is 1.15. The van der Waals surface area contributed by atoms with Crippen molar-refractivity contribution < 1.29 is 27.1 Å². The first kappa shape index (κ1) is 18.2. The second-order valence-electron chi connectivity index (χ2n) is 5.79. The molecule has 0 radical (unpaired) electrons. The Hall–Kier alpha value is -2.62. The van der Waals surface area contributed by atoms with E-state index in [0.717, 1.165) is 12.8 Å². The summed E-state index contributed by atoms with van der Waals surface area (Å²) in [4.78, 5) is 13.6. The largest absolute Gasteiger partial charge is 0.497 e. The van der Waals surface area contributed by atoms with Gasteiger partial charge in [-0.3, -0.25) is 4.79 Å². The number of aromatic nitrogens is 2. The summed E-state index contributed by atoms with van der Waals surface area (Å²) in [7, 11) is -1.06. The van der Waals surface area contributed by atoms with Gasteiger partial charge in [0.1, 0.15) is 17.3 Å². The van der Waals surface area contributed by atoms with Crippen molar-refractivity contribution in [1.29, 1.82) is 0 Å². The molecule has 0 atom stereocenters. The molecule has 2 heterocycles. The lowest BCUT2D eigenvalue weighted by molar-refractivity contribution is -0.127. The average Bonchev–Trinajstić information content (AvgIpc) is 3.32. The Bertz CT molecular complexity index is 902. The maximum atomic E-state index is 12.4. The number of carbonyl (C=O) groups is 1. The number of sulfone groups is 1. The van der Waals surface area contributed by atoms with E-state index in [2.05, 4.69) is 10.2 Å². The third-order valence-corrected chi connectivity index (χ3v) is 5.41. The maximum absolute atomic E-state index is 12.4. The lowest BCUT2D eigenvalue weighted by atomic mass is 10.2. The number of nitrogens with zero attached hydrogens (tertiary/aromatic N) is 3. The number of methoxy groups -OCH3 is 2. The number of amides is 1. The molecule has 140 valence electrons. The van der Waals surface area contributed by atoms with Gasteiger partial charge in [0.25, 0.3) is 5.89 Å². The van der Waals surface area contributed by atoms with Crippen LogP contribution in [-0.4, -0.2) is 62.5 Å². The SMILES string of the molecule is COc1ccc(OC)c(-c2nnc(S(=O)(=O)CC(=O)N3CCCC3)o2)c1. The van der Waals surface area contributed by atoms with Gasteiger partial charge in [0.15, 0.2) is 0 Å². The molecule has 0 unspecified atom stereocenters. The van der Waals surface area contributed by atoms with Crippen LogP contribution in [0.2, 0.25) is 0 Å². The van der Waals surface area contributed by atoms with Crippen molar-refractivity contribution in [1.82, 2.24) is 15.1 Å². The van der Waals surface area contributed by atoms with E-state index >= 15 is 0 Å². The van der Waals surface area contributed by atoms with Crippen molar-refractivity contribution in [2.24, 2.45) is 0 Å². The molecular weight excluding hydrogens is 362 g/mol. The van der Waals surface area contributed by atoms with Crippen molar-refractivity contribution in [3.8, 4) is 23.0 Å². The molecule has 1 amide bonds. The molecule has 9 nitrogen and oxygen atoms in total. The molecule has 1 aliphatic rings. The Morgan fingerprint density at radius 2 is 1.92 bits per heavy atom.